The minimum Gasteiger partial charge on any atom is -0.449 e. The molecule has 8 N–H and O–H groups in total. The number of carbonyl (C=O) groups is 6. The molecule has 0 saturated carbocycles. The molecule has 6 heterocycles. The van der Waals surface area contributed by atoms with Gasteiger partial charge in [-0.1, -0.05) is 19.3 Å². The molecule has 0 bridgehead atoms. The summed E-state index contributed by atoms with van der Waals surface area (Å²) in [5, 5.41) is 13.1. The predicted octanol–water partition coefficient (Wildman–Crippen LogP) is -1.08. The maximum Gasteiger partial charge on any atom is 0.404 e. The van der Waals surface area contributed by atoms with Gasteiger partial charge >= 0.3 is 12.2 Å². The number of ketones is 4. The summed E-state index contributed by atoms with van der Waals surface area (Å²) in [5.74, 6) is -2.51. The van der Waals surface area contributed by atoms with Gasteiger partial charge in [0.15, 0.2) is 11.4 Å². The van der Waals surface area contributed by atoms with Gasteiger partial charge in [0.25, 0.3) is 0 Å². The second-order valence-electron chi connectivity index (χ2n) is 15.5. The molecule has 0 aromatic carbocycles. The smallest absolute Gasteiger partial charge is 0.404 e. The van der Waals surface area contributed by atoms with Crippen molar-refractivity contribution in [2.45, 2.75) is 81.6 Å². The first-order valence-electron chi connectivity index (χ1n) is 18.9. The van der Waals surface area contributed by atoms with Gasteiger partial charge in [0.1, 0.15) is 13.2 Å². The van der Waals surface area contributed by atoms with E-state index >= 15 is 0 Å². The molecule has 0 aromatic rings. The highest BCUT2D eigenvalue weighted by atomic mass is 16.6. The summed E-state index contributed by atoms with van der Waals surface area (Å²) in [6.07, 6.45) is 2.12. The summed E-state index contributed by atoms with van der Waals surface area (Å²) in [6, 6.07) is -0.0141. The molecule has 8 aliphatic rings. The summed E-state index contributed by atoms with van der Waals surface area (Å²) in [4.78, 5) is 82.4. The quantitative estimate of drug-likeness (QED) is 0.0620. The summed E-state index contributed by atoms with van der Waals surface area (Å²) >= 11 is 0. The van der Waals surface area contributed by atoms with E-state index in [2.05, 4.69) is 21.3 Å². The third kappa shape index (κ3) is 5.35. The van der Waals surface area contributed by atoms with Crippen LogP contribution in [0.25, 0.3) is 0 Å². The van der Waals surface area contributed by atoms with Crippen molar-refractivity contribution in [1.82, 2.24) is 31.1 Å². The molecule has 0 aromatic heterocycles. The van der Waals surface area contributed by atoms with Crippen LogP contribution >= 0.6 is 0 Å². The molecule has 8 atom stereocenters. The van der Waals surface area contributed by atoms with E-state index in [9.17, 15) is 28.8 Å². The third-order valence-corrected chi connectivity index (χ3v) is 12.8. The first-order valence-corrected chi connectivity index (χ1v) is 18.9. The van der Waals surface area contributed by atoms with E-state index < -0.39 is 35.5 Å². The van der Waals surface area contributed by atoms with Crippen LogP contribution < -0.4 is 32.7 Å². The number of fused-ring (bicyclic) bond motifs is 8. The Morgan fingerprint density at radius 3 is 1.42 bits per heavy atom. The number of nitrogens with zero attached hydrogens (tertiary/aromatic N) is 2. The Hall–Kier alpha value is -4.78. The highest BCUT2D eigenvalue weighted by Gasteiger charge is 2.74. The van der Waals surface area contributed by atoms with Gasteiger partial charge in [-0.2, -0.15) is 0 Å². The lowest BCUT2D eigenvalue weighted by molar-refractivity contribution is -0.137. The lowest BCUT2D eigenvalue weighted by Crippen LogP contribution is -2.55. The van der Waals surface area contributed by atoms with E-state index in [0.717, 1.165) is 32.1 Å². The van der Waals surface area contributed by atoms with E-state index in [1.54, 1.807) is 13.8 Å². The van der Waals surface area contributed by atoms with E-state index in [4.69, 9.17) is 30.4 Å². The van der Waals surface area contributed by atoms with Crippen LogP contribution in [0, 0.1) is 11.8 Å². The number of allylic oxidation sites excluding steroid dienone is 4. The molecule has 55 heavy (non-hydrogen) atoms. The predicted molar refractivity (Wildman–Crippen MR) is 191 cm³/mol. The number of primary amides is 2. The number of hydrogen-bond acceptors (Lipinski definition) is 16. The Labute approximate surface area is 317 Å². The van der Waals surface area contributed by atoms with Crippen LogP contribution in [0.1, 0.15) is 46.0 Å². The maximum atomic E-state index is 14.0. The molecule has 6 aliphatic heterocycles. The van der Waals surface area contributed by atoms with Crippen LogP contribution in [0.4, 0.5) is 9.59 Å². The molecule has 0 spiro atoms. The number of ether oxygens (including phenoxy) is 4. The fourth-order valence-electron chi connectivity index (χ4n) is 10.2. The SMILES string of the molecule is CO[C@@]12[C@H](COC(N)=O)C3=C(C(=O)C(C)=C(NCCCCCCCNC4=C(C)C(=O)C5=C(C4=O)[C@@H](COC(N)=O)[C@@]4(OC)[C@H]6N[C@H]6CN54)C3=O)N1C[C@@H]1N[C@@H]12. The number of carbonyl (C=O) groups excluding carboxylic acids is 6. The van der Waals surface area contributed by atoms with Gasteiger partial charge in [-0.3, -0.25) is 19.2 Å². The van der Waals surface area contributed by atoms with Crippen molar-refractivity contribution in [1.29, 1.82) is 0 Å². The number of amides is 2. The van der Waals surface area contributed by atoms with Crippen molar-refractivity contribution >= 4 is 35.3 Å². The van der Waals surface area contributed by atoms with Crippen molar-refractivity contribution < 1.29 is 47.7 Å². The molecule has 0 radical (unpaired) electrons. The fraction of sp³-hybridized carbons (Fsp3) is 0.622. The molecular weight excluding hydrogens is 716 g/mol. The van der Waals surface area contributed by atoms with Gasteiger partial charge in [0.05, 0.1) is 46.7 Å². The molecule has 2 aliphatic carbocycles. The van der Waals surface area contributed by atoms with Gasteiger partial charge in [-0.05, 0) is 26.7 Å². The van der Waals surface area contributed by atoms with Crippen LogP contribution in [-0.4, -0.2) is 134 Å². The summed E-state index contributed by atoms with van der Waals surface area (Å²) in [6.45, 7) is 4.85. The molecule has 18 nitrogen and oxygen atoms in total. The normalized spacial score (nSPS) is 33.8. The molecule has 4 saturated heterocycles. The second kappa shape index (κ2) is 13.5. The number of nitrogens with two attached hydrogens (primary N) is 2. The van der Waals surface area contributed by atoms with Gasteiger partial charge < -0.3 is 61.5 Å². The van der Waals surface area contributed by atoms with Crippen LogP contribution in [0.5, 0.6) is 0 Å². The topological polar surface area (TPSA) is 266 Å². The maximum absolute atomic E-state index is 14.0. The van der Waals surface area contributed by atoms with Crippen molar-refractivity contribution in [3.05, 3.63) is 45.1 Å². The van der Waals surface area contributed by atoms with Gasteiger partial charge in [-0.15, -0.1) is 0 Å². The molecule has 0 unspecified atom stereocenters. The molecule has 8 rings (SSSR count). The molecule has 4 fully saturated rings. The van der Waals surface area contributed by atoms with E-state index in [0.29, 0.717) is 48.7 Å². The second-order valence-corrected chi connectivity index (χ2v) is 15.5. The third-order valence-electron chi connectivity index (χ3n) is 12.8. The number of Topliss-reactive ketones (excluding diaryl/α,β-unsaturated/α-hetero) is 4. The number of methoxy groups -OCH3 is 2. The average Bonchev–Trinajstić information content (AvgIpc) is 3.99. The largest absolute Gasteiger partial charge is 0.449 e. The lowest BCUT2D eigenvalue weighted by Gasteiger charge is -2.39. The first kappa shape index (κ1) is 37.2. The fourth-order valence-corrected chi connectivity index (χ4v) is 10.2. The Bertz CT molecular complexity index is 1790. The monoisotopic (exact) mass is 764 g/mol. The van der Waals surface area contributed by atoms with Gasteiger partial charge in [0, 0.05) is 74.8 Å². The Kier molecular flexibility index (Phi) is 9.09. The first-order chi connectivity index (χ1) is 26.3. The number of unbranched alkanes of at least 4 members (excludes halogenated alkanes) is 4. The molecular formula is C37H48N8O10. The Morgan fingerprint density at radius 2 is 1.05 bits per heavy atom. The summed E-state index contributed by atoms with van der Waals surface area (Å²) in [5.41, 5.74) is 10.9. The zero-order valence-electron chi connectivity index (χ0n) is 31.4. The zero-order chi connectivity index (χ0) is 39.1. The van der Waals surface area contributed by atoms with Crippen molar-refractivity contribution in [2.24, 2.45) is 23.3 Å². The Balaban J connectivity index is 0.827. The van der Waals surface area contributed by atoms with Crippen LogP contribution in [0.3, 0.4) is 0 Å². The zero-order valence-corrected chi connectivity index (χ0v) is 31.4. The average molecular weight is 765 g/mol. The number of hydrogen-bond donors (Lipinski definition) is 6. The number of nitrogens with one attached hydrogen (secondary N) is 4. The standard InChI is InChI=1S/C37H48N8O10/c1-16-24(30(48)22-18(14-54-34(38)50)36(52-3)32-20(42-32)12-44(36)26(22)28(16)46)40-10-8-6-5-7-9-11-41-25-17(2)29(47)27-23(31(25)49)19(15-55-35(39)51)37(53-4)33-21(43-33)13-45(27)37/h18-21,32-33,40-43H,5-15H2,1-4H3,(H2,38,50)(H2,39,51)/t18-,19-,20+,21+,32+,33+,36-,37-/m1/s1. The van der Waals surface area contributed by atoms with Gasteiger partial charge in [0.2, 0.25) is 23.1 Å². The highest BCUT2D eigenvalue weighted by molar-refractivity contribution is 6.26. The van der Waals surface area contributed by atoms with Crippen LogP contribution in [0.15, 0.2) is 45.1 Å². The minimum absolute atomic E-state index is 0.111. The molecule has 18 heteroatoms. The number of piperazine rings is 2. The van der Waals surface area contributed by atoms with Crippen molar-refractivity contribution in [3.8, 4) is 0 Å². The van der Waals surface area contributed by atoms with Crippen LogP contribution in [0.2, 0.25) is 0 Å². The molecule has 296 valence electrons. The van der Waals surface area contributed by atoms with Gasteiger partial charge in [-0.25, -0.2) is 9.59 Å². The van der Waals surface area contributed by atoms with Crippen LogP contribution in [-0.2, 0) is 38.1 Å². The summed E-state index contributed by atoms with van der Waals surface area (Å²) in [7, 11) is 3.07. The summed E-state index contributed by atoms with van der Waals surface area (Å²) < 4.78 is 22.4. The van der Waals surface area contributed by atoms with E-state index in [-0.39, 0.29) is 83.1 Å². The van der Waals surface area contributed by atoms with E-state index in [1.165, 1.54) is 14.2 Å². The van der Waals surface area contributed by atoms with Crippen molar-refractivity contribution in [2.75, 3.05) is 53.6 Å². The minimum atomic E-state index is -1.03. The lowest BCUT2D eigenvalue weighted by atomic mass is 9.82. The van der Waals surface area contributed by atoms with Crippen molar-refractivity contribution in [3.63, 3.8) is 0 Å². The molecule has 2 amide bonds. The van der Waals surface area contributed by atoms with E-state index in [1.807, 2.05) is 9.80 Å². The Morgan fingerprint density at radius 1 is 0.673 bits per heavy atom. The number of rotatable bonds is 16. The highest BCUT2D eigenvalue weighted by Crippen LogP contribution is 2.57.